The average Bonchev–Trinajstić information content (AvgIpc) is 2.67. The van der Waals surface area contributed by atoms with Gasteiger partial charge in [0.15, 0.2) is 0 Å². The first-order chi connectivity index (χ1) is 7.33. The molecule has 1 aliphatic rings. The minimum atomic E-state index is 0.624. The third-order valence-electron chi connectivity index (χ3n) is 3.28. The number of hydrogen-bond acceptors (Lipinski definition) is 2. The summed E-state index contributed by atoms with van der Waals surface area (Å²) in [7, 11) is 0. The second-order valence-corrected chi connectivity index (χ2v) is 4.37. The van der Waals surface area contributed by atoms with Crippen LogP contribution >= 0.6 is 0 Å². The van der Waals surface area contributed by atoms with Crippen LogP contribution in [0.2, 0.25) is 0 Å². The van der Waals surface area contributed by atoms with Crippen LogP contribution in [-0.4, -0.2) is 23.0 Å². The molecule has 0 amide bonds. The highest BCUT2D eigenvalue weighted by Gasteiger charge is 2.26. The van der Waals surface area contributed by atoms with Crippen molar-refractivity contribution in [2.75, 3.05) is 13.1 Å². The Kier molecular flexibility index (Phi) is 3.37. The summed E-state index contributed by atoms with van der Waals surface area (Å²) in [6.45, 7) is 6.86. The quantitative estimate of drug-likeness (QED) is 0.752. The predicted molar refractivity (Wildman–Crippen MR) is 62.8 cm³/mol. The third kappa shape index (κ3) is 2.20. The Labute approximate surface area is 92.3 Å². The second kappa shape index (κ2) is 4.75. The van der Waals surface area contributed by atoms with Crippen LogP contribution < -0.4 is 0 Å². The molecule has 0 spiro atoms. The van der Waals surface area contributed by atoms with Gasteiger partial charge < -0.3 is 0 Å². The van der Waals surface area contributed by atoms with Crippen molar-refractivity contribution in [2.24, 2.45) is 0 Å². The van der Waals surface area contributed by atoms with Gasteiger partial charge in [0.05, 0.1) is 0 Å². The molecule has 2 nitrogen and oxygen atoms in total. The smallest absolute Gasteiger partial charge is 0.0420 e. The lowest BCUT2D eigenvalue weighted by Crippen LogP contribution is -2.24. The van der Waals surface area contributed by atoms with Gasteiger partial charge in [-0.1, -0.05) is 13.0 Å². The lowest BCUT2D eigenvalue weighted by molar-refractivity contribution is 0.256. The van der Waals surface area contributed by atoms with E-state index in [0.29, 0.717) is 6.04 Å². The van der Waals surface area contributed by atoms with Gasteiger partial charge in [-0.15, -0.1) is 0 Å². The standard InChI is InChI=1S/C13H20N2/c1-3-9-15-10-5-7-13(15)12-6-4-8-14-11(12)2/h4,6,8,13H,3,5,7,9-10H2,1-2H3. The van der Waals surface area contributed by atoms with Crippen LogP contribution in [0.3, 0.4) is 0 Å². The number of aryl methyl sites for hydroxylation is 1. The van der Waals surface area contributed by atoms with Crippen LogP contribution in [0, 0.1) is 6.92 Å². The molecule has 2 heterocycles. The van der Waals surface area contributed by atoms with Crippen molar-refractivity contribution in [1.82, 2.24) is 9.88 Å². The van der Waals surface area contributed by atoms with Gasteiger partial charge >= 0.3 is 0 Å². The van der Waals surface area contributed by atoms with Gasteiger partial charge in [0.25, 0.3) is 0 Å². The molecule has 0 aliphatic carbocycles. The maximum absolute atomic E-state index is 4.39. The van der Waals surface area contributed by atoms with Gasteiger partial charge in [-0.2, -0.15) is 0 Å². The van der Waals surface area contributed by atoms with Gasteiger partial charge in [-0.05, 0) is 50.9 Å². The molecule has 1 atom stereocenters. The van der Waals surface area contributed by atoms with Crippen LogP contribution in [0.4, 0.5) is 0 Å². The molecule has 1 aliphatic heterocycles. The fourth-order valence-electron chi connectivity index (χ4n) is 2.58. The van der Waals surface area contributed by atoms with Gasteiger partial charge in [0.2, 0.25) is 0 Å². The van der Waals surface area contributed by atoms with E-state index in [0.717, 1.165) is 0 Å². The highest BCUT2D eigenvalue weighted by Crippen LogP contribution is 2.32. The van der Waals surface area contributed by atoms with Crippen LogP contribution in [0.25, 0.3) is 0 Å². The highest BCUT2D eigenvalue weighted by molar-refractivity contribution is 5.23. The van der Waals surface area contributed by atoms with Gasteiger partial charge in [-0.25, -0.2) is 0 Å². The van der Waals surface area contributed by atoms with E-state index in [2.05, 4.69) is 35.9 Å². The SMILES string of the molecule is CCCN1CCCC1c1cccnc1C. The van der Waals surface area contributed by atoms with E-state index in [1.807, 2.05) is 6.20 Å². The number of pyridine rings is 1. The molecule has 0 N–H and O–H groups in total. The van der Waals surface area contributed by atoms with Crippen LogP contribution in [0.1, 0.15) is 43.5 Å². The summed E-state index contributed by atoms with van der Waals surface area (Å²) in [4.78, 5) is 6.99. The molecule has 0 radical (unpaired) electrons. The minimum Gasteiger partial charge on any atom is -0.296 e. The fourth-order valence-corrected chi connectivity index (χ4v) is 2.58. The van der Waals surface area contributed by atoms with Crippen molar-refractivity contribution in [3.05, 3.63) is 29.6 Å². The monoisotopic (exact) mass is 204 g/mol. The van der Waals surface area contributed by atoms with Crippen LogP contribution in [-0.2, 0) is 0 Å². The Morgan fingerprint density at radius 2 is 2.40 bits per heavy atom. The number of nitrogens with zero attached hydrogens (tertiary/aromatic N) is 2. The molecule has 1 saturated heterocycles. The minimum absolute atomic E-state index is 0.624. The van der Waals surface area contributed by atoms with E-state index in [4.69, 9.17) is 0 Å². The predicted octanol–water partition coefficient (Wildman–Crippen LogP) is 2.94. The van der Waals surface area contributed by atoms with E-state index >= 15 is 0 Å². The molecule has 0 aromatic carbocycles. The number of hydrogen-bond donors (Lipinski definition) is 0. The zero-order chi connectivity index (χ0) is 10.7. The zero-order valence-electron chi connectivity index (χ0n) is 9.74. The van der Waals surface area contributed by atoms with Crippen molar-refractivity contribution in [2.45, 2.75) is 39.2 Å². The van der Waals surface area contributed by atoms with Gasteiger partial charge in [-0.3, -0.25) is 9.88 Å². The van der Waals surface area contributed by atoms with E-state index in [-0.39, 0.29) is 0 Å². The van der Waals surface area contributed by atoms with Crippen molar-refractivity contribution >= 4 is 0 Å². The Balaban J connectivity index is 2.19. The number of aromatic nitrogens is 1. The van der Waals surface area contributed by atoms with Crippen molar-refractivity contribution in [3.63, 3.8) is 0 Å². The topological polar surface area (TPSA) is 16.1 Å². The average molecular weight is 204 g/mol. The summed E-state index contributed by atoms with van der Waals surface area (Å²) in [6, 6.07) is 4.92. The lowest BCUT2D eigenvalue weighted by Gasteiger charge is -2.25. The molecular formula is C13H20N2. The lowest BCUT2D eigenvalue weighted by atomic mass is 10.0. The zero-order valence-corrected chi connectivity index (χ0v) is 9.74. The number of likely N-dealkylation sites (tertiary alicyclic amines) is 1. The summed E-state index contributed by atoms with van der Waals surface area (Å²) in [6.07, 6.45) is 5.76. The second-order valence-electron chi connectivity index (χ2n) is 4.37. The van der Waals surface area contributed by atoms with Crippen LogP contribution in [0.5, 0.6) is 0 Å². The Hall–Kier alpha value is -0.890. The van der Waals surface area contributed by atoms with Gasteiger partial charge in [0.1, 0.15) is 0 Å². The normalized spacial score (nSPS) is 22.1. The van der Waals surface area contributed by atoms with Crippen molar-refractivity contribution in [1.29, 1.82) is 0 Å². The van der Waals surface area contributed by atoms with E-state index < -0.39 is 0 Å². The first-order valence-electron chi connectivity index (χ1n) is 5.98. The first-order valence-corrected chi connectivity index (χ1v) is 5.98. The van der Waals surface area contributed by atoms with Gasteiger partial charge in [0, 0.05) is 17.9 Å². The molecular weight excluding hydrogens is 184 g/mol. The number of rotatable bonds is 3. The molecule has 2 heteroatoms. The summed E-state index contributed by atoms with van der Waals surface area (Å²) in [5, 5.41) is 0. The fraction of sp³-hybridized carbons (Fsp3) is 0.615. The maximum atomic E-state index is 4.39. The molecule has 1 aromatic heterocycles. The summed E-state index contributed by atoms with van der Waals surface area (Å²) in [5.74, 6) is 0. The molecule has 0 bridgehead atoms. The molecule has 1 unspecified atom stereocenters. The Morgan fingerprint density at radius 1 is 1.53 bits per heavy atom. The largest absolute Gasteiger partial charge is 0.296 e. The summed E-state index contributed by atoms with van der Waals surface area (Å²) >= 11 is 0. The summed E-state index contributed by atoms with van der Waals surface area (Å²) in [5.41, 5.74) is 2.63. The molecule has 0 saturated carbocycles. The Morgan fingerprint density at radius 3 is 3.13 bits per heavy atom. The van der Waals surface area contributed by atoms with Crippen LogP contribution in [0.15, 0.2) is 18.3 Å². The van der Waals surface area contributed by atoms with Crippen molar-refractivity contribution < 1.29 is 0 Å². The molecule has 2 rings (SSSR count). The molecule has 1 aromatic rings. The highest BCUT2D eigenvalue weighted by atomic mass is 15.2. The summed E-state index contributed by atoms with van der Waals surface area (Å²) < 4.78 is 0. The molecule has 82 valence electrons. The molecule has 1 fully saturated rings. The maximum Gasteiger partial charge on any atom is 0.0420 e. The van der Waals surface area contributed by atoms with E-state index in [9.17, 15) is 0 Å². The van der Waals surface area contributed by atoms with Crippen molar-refractivity contribution in [3.8, 4) is 0 Å². The third-order valence-corrected chi connectivity index (χ3v) is 3.28. The van der Waals surface area contributed by atoms with E-state index in [1.54, 1.807) is 0 Å². The van der Waals surface area contributed by atoms with E-state index in [1.165, 1.54) is 43.6 Å². The Bertz CT molecular complexity index is 322. The molecule has 15 heavy (non-hydrogen) atoms. The first kappa shape index (κ1) is 10.6.